The van der Waals surface area contributed by atoms with Crippen LogP contribution in [-0.2, 0) is 23.8 Å². The average Bonchev–Trinajstić information content (AvgIpc) is 2.73. The molecule has 0 amide bonds. The van der Waals surface area contributed by atoms with E-state index in [1.165, 1.54) is 13.0 Å². The van der Waals surface area contributed by atoms with Gasteiger partial charge in [0, 0.05) is 13.5 Å². The Morgan fingerprint density at radius 3 is 1.81 bits per heavy atom. The normalized spacial score (nSPS) is 18.5. The third-order valence-electron chi connectivity index (χ3n) is 4.87. The monoisotopic (exact) mass is 432 g/mol. The van der Waals surface area contributed by atoms with Crippen molar-refractivity contribution in [3.05, 3.63) is 47.5 Å². The molecule has 2 rings (SSSR count). The van der Waals surface area contributed by atoms with E-state index in [1.807, 2.05) is 30.3 Å². The van der Waals surface area contributed by atoms with Crippen LogP contribution in [0.5, 0.6) is 0 Å². The predicted molar refractivity (Wildman–Crippen MR) is 128 cm³/mol. The molecule has 5 nitrogen and oxygen atoms in total. The molecule has 0 aliphatic heterocycles. The van der Waals surface area contributed by atoms with Crippen LogP contribution in [0.4, 0.5) is 0 Å². The third kappa shape index (κ3) is 12.4. The summed E-state index contributed by atoms with van der Waals surface area (Å²) in [6.45, 7) is 3.25. The van der Waals surface area contributed by atoms with Gasteiger partial charge in [-0.05, 0) is 55.9 Å². The molecule has 1 fully saturated rings. The number of hydrogen-bond acceptors (Lipinski definition) is 5. The van der Waals surface area contributed by atoms with Crippen LogP contribution < -0.4 is 0 Å². The van der Waals surface area contributed by atoms with Crippen molar-refractivity contribution < 1.29 is 23.8 Å². The third-order valence-corrected chi connectivity index (χ3v) is 4.87. The second kappa shape index (κ2) is 16.6. The van der Waals surface area contributed by atoms with Gasteiger partial charge >= 0.3 is 0 Å². The first-order valence-electron chi connectivity index (χ1n) is 10.3. The van der Waals surface area contributed by atoms with Gasteiger partial charge in [-0.3, -0.25) is 9.59 Å². The highest BCUT2D eigenvalue weighted by atomic mass is 16.5. The van der Waals surface area contributed by atoms with Crippen molar-refractivity contribution in [2.75, 3.05) is 26.9 Å². The standard InChI is InChI=1S/C24H32O5.2CH4/c1-19(25)3-4-20-5-7-21(8-6-20)9-10-22(26)15-16-28-23-11-13-24(14-12-23)29-18-17-27-2;;/h3-10,23-24H,11-18H2,1-2H3;2*1H4. The van der Waals surface area contributed by atoms with Crippen molar-refractivity contribution in [1.29, 1.82) is 0 Å². The van der Waals surface area contributed by atoms with Crippen LogP contribution >= 0.6 is 0 Å². The SMILES string of the molecule is C.C.COCCOC1CCC(OCCC(=O)C=Cc2ccc(C=CC(C)=O)cc2)CC1. The lowest BCUT2D eigenvalue weighted by Gasteiger charge is -2.28. The van der Waals surface area contributed by atoms with E-state index in [1.54, 1.807) is 19.3 Å². The molecule has 1 aromatic rings. The second-order valence-electron chi connectivity index (χ2n) is 7.29. The zero-order valence-electron chi connectivity index (χ0n) is 17.5. The van der Waals surface area contributed by atoms with E-state index >= 15 is 0 Å². The lowest BCUT2D eigenvalue weighted by Crippen LogP contribution is -2.27. The number of methoxy groups -OCH3 is 1. The van der Waals surface area contributed by atoms with Crippen LogP contribution in [0.25, 0.3) is 12.2 Å². The molecule has 0 atom stereocenters. The maximum absolute atomic E-state index is 12.1. The number of ether oxygens (including phenoxy) is 3. The average molecular weight is 433 g/mol. The van der Waals surface area contributed by atoms with Crippen LogP contribution in [0.15, 0.2) is 36.4 Å². The topological polar surface area (TPSA) is 61.8 Å². The summed E-state index contributed by atoms with van der Waals surface area (Å²) in [6.07, 6.45) is 11.6. The fourth-order valence-electron chi connectivity index (χ4n) is 3.19. The second-order valence-corrected chi connectivity index (χ2v) is 7.29. The van der Waals surface area contributed by atoms with Gasteiger partial charge in [0.2, 0.25) is 0 Å². The molecule has 1 saturated carbocycles. The highest BCUT2D eigenvalue weighted by Crippen LogP contribution is 2.23. The molecule has 0 unspecified atom stereocenters. The van der Waals surface area contributed by atoms with Crippen molar-refractivity contribution >= 4 is 23.7 Å². The largest absolute Gasteiger partial charge is 0.382 e. The Balaban J connectivity index is 0.00000450. The van der Waals surface area contributed by atoms with Gasteiger partial charge in [-0.1, -0.05) is 51.3 Å². The molecule has 0 radical (unpaired) electrons. The molecule has 174 valence electrons. The van der Waals surface area contributed by atoms with Crippen LogP contribution in [0, 0.1) is 0 Å². The van der Waals surface area contributed by atoms with Gasteiger partial charge in [0.1, 0.15) is 0 Å². The maximum atomic E-state index is 12.1. The first-order chi connectivity index (χ1) is 14.1. The fraction of sp³-hybridized carbons (Fsp3) is 0.538. The lowest BCUT2D eigenvalue weighted by molar-refractivity contribution is -0.116. The number of carbonyl (C=O) groups is 2. The van der Waals surface area contributed by atoms with Crippen molar-refractivity contribution in [3.63, 3.8) is 0 Å². The highest BCUT2D eigenvalue weighted by molar-refractivity contribution is 5.93. The molecule has 0 saturated heterocycles. The van der Waals surface area contributed by atoms with E-state index in [2.05, 4.69) is 0 Å². The number of carbonyl (C=O) groups excluding carboxylic acids is 2. The Bertz CT molecular complexity index is 682. The van der Waals surface area contributed by atoms with Gasteiger partial charge < -0.3 is 14.2 Å². The van der Waals surface area contributed by atoms with Crippen LogP contribution in [0.2, 0.25) is 0 Å². The first-order valence-corrected chi connectivity index (χ1v) is 10.3. The van der Waals surface area contributed by atoms with E-state index in [0.29, 0.717) is 32.3 Å². The van der Waals surface area contributed by atoms with Crippen LogP contribution in [0.3, 0.4) is 0 Å². The van der Waals surface area contributed by atoms with Crippen molar-refractivity contribution in [3.8, 4) is 0 Å². The van der Waals surface area contributed by atoms with Gasteiger partial charge in [-0.2, -0.15) is 0 Å². The molecule has 1 aromatic carbocycles. The number of rotatable bonds is 12. The minimum atomic E-state index is 0. The smallest absolute Gasteiger partial charge is 0.158 e. The molecular formula is C26H40O5. The summed E-state index contributed by atoms with van der Waals surface area (Å²) in [5, 5.41) is 0. The van der Waals surface area contributed by atoms with Gasteiger partial charge in [0.15, 0.2) is 11.6 Å². The molecular weight excluding hydrogens is 392 g/mol. The number of allylic oxidation sites excluding steroid dienone is 2. The molecule has 31 heavy (non-hydrogen) atoms. The van der Waals surface area contributed by atoms with Gasteiger partial charge in [0.05, 0.1) is 32.0 Å². The molecule has 0 heterocycles. The first kappa shape index (κ1) is 28.9. The molecule has 1 aliphatic carbocycles. The summed E-state index contributed by atoms with van der Waals surface area (Å²) in [6, 6.07) is 7.69. The van der Waals surface area contributed by atoms with Gasteiger partial charge in [0.25, 0.3) is 0 Å². The zero-order valence-corrected chi connectivity index (χ0v) is 17.5. The highest BCUT2D eigenvalue weighted by Gasteiger charge is 2.22. The van der Waals surface area contributed by atoms with E-state index < -0.39 is 0 Å². The number of benzene rings is 1. The zero-order chi connectivity index (χ0) is 20.9. The van der Waals surface area contributed by atoms with E-state index in [9.17, 15) is 9.59 Å². The Hall–Kier alpha value is -2.08. The summed E-state index contributed by atoms with van der Waals surface area (Å²) >= 11 is 0. The summed E-state index contributed by atoms with van der Waals surface area (Å²) in [7, 11) is 1.68. The van der Waals surface area contributed by atoms with Gasteiger partial charge in [-0.25, -0.2) is 0 Å². The Morgan fingerprint density at radius 1 is 0.839 bits per heavy atom. The fourth-order valence-corrected chi connectivity index (χ4v) is 3.19. The molecule has 0 N–H and O–H groups in total. The summed E-state index contributed by atoms with van der Waals surface area (Å²) in [5.41, 5.74) is 1.90. The molecule has 5 heteroatoms. The maximum Gasteiger partial charge on any atom is 0.158 e. The van der Waals surface area contributed by atoms with Crippen molar-refractivity contribution in [1.82, 2.24) is 0 Å². The van der Waals surface area contributed by atoms with E-state index in [-0.39, 0.29) is 32.5 Å². The van der Waals surface area contributed by atoms with Crippen molar-refractivity contribution in [2.24, 2.45) is 0 Å². The molecule has 0 bridgehead atoms. The summed E-state index contributed by atoms with van der Waals surface area (Å²) in [5.74, 6) is 0.0763. The Kier molecular flexibility index (Phi) is 15.5. The molecule has 0 spiro atoms. The Morgan fingerprint density at radius 2 is 1.32 bits per heavy atom. The van der Waals surface area contributed by atoms with E-state index in [4.69, 9.17) is 14.2 Å². The quantitative estimate of drug-likeness (QED) is 0.321. The van der Waals surface area contributed by atoms with Gasteiger partial charge in [-0.15, -0.1) is 0 Å². The van der Waals surface area contributed by atoms with Crippen molar-refractivity contribution in [2.45, 2.75) is 66.1 Å². The Labute approximate surface area is 188 Å². The predicted octanol–water partition coefficient (Wildman–Crippen LogP) is 5.52. The number of hydrogen-bond donors (Lipinski definition) is 0. The number of ketones is 2. The summed E-state index contributed by atoms with van der Waals surface area (Å²) < 4.78 is 16.6. The lowest BCUT2D eigenvalue weighted by atomic mass is 9.95. The minimum absolute atomic E-state index is 0. The van der Waals surface area contributed by atoms with Crippen LogP contribution in [0.1, 0.15) is 65.0 Å². The molecule has 1 aliphatic rings. The summed E-state index contributed by atoms with van der Waals surface area (Å²) in [4.78, 5) is 23.0. The van der Waals surface area contributed by atoms with E-state index in [0.717, 1.165) is 36.8 Å². The minimum Gasteiger partial charge on any atom is -0.382 e. The molecule has 0 aromatic heterocycles. The van der Waals surface area contributed by atoms with Crippen LogP contribution in [-0.4, -0.2) is 50.7 Å².